The van der Waals surface area contributed by atoms with Gasteiger partial charge >= 0.3 is 11.9 Å². The van der Waals surface area contributed by atoms with E-state index < -0.39 is 67.9 Å². The molecule has 7 N–H and O–H groups in total. The summed E-state index contributed by atoms with van der Waals surface area (Å²) in [7, 11) is 0. The maximum absolute atomic E-state index is 12.6. The number of aromatic hydroxyl groups is 2. The summed E-state index contributed by atoms with van der Waals surface area (Å²) in [6.45, 7) is 0.811. The molecule has 37 heavy (non-hydrogen) atoms. The van der Waals surface area contributed by atoms with Crippen LogP contribution in [0.2, 0.25) is 0 Å². The van der Waals surface area contributed by atoms with Crippen molar-refractivity contribution in [3.8, 4) is 11.5 Å². The van der Waals surface area contributed by atoms with Gasteiger partial charge in [-0.2, -0.15) is 0 Å². The zero-order valence-electron chi connectivity index (χ0n) is 19.8. The Morgan fingerprint density at radius 1 is 1.08 bits per heavy atom. The zero-order valence-corrected chi connectivity index (χ0v) is 19.8. The molecule has 2 heterocycles. The van der Waals surface area contributed by atoms with Crippen LogP contribution in [-0.4, -0.2) is 97.9 Å². The predicted molar refractivity (Wildman–Crippen MR) is 122 cm³/mol. The van der Waals surface area contributed by atoms with Gasteiger partial charge < -0.3 is 54.7 Å². The minimum Gasteiger partial charge on any atom is -0.504 e. The second-order valence-electron chi connectivity index (χ2n) is 8.52. The smallest absolute Gasteiger partial charge is 0.335 e. The fraction of sp³-hybridized carbons (Fsp3) is 0.500. The van der Waals surface area contributed by atoms with Gasteiger partial charge in [0.1, 0.15) is 24.4 Å². The van der Waals surface area contributed by atoms with Crippen molar-refractivity contribution in [1.29, 1.82) is 0 Å². The number of allylic oxidation sites excluding steroid dienone is 1. The molecule has 0 saturated carbocycles. The quantitative estimate of drug-likeness (QED) is 0.120. The number of carbonyl (C=O) groups excluding carboxylic acids is 1. The monoisotopic (exact) mass is 526 g/mol. The number of esters is 1. The molecule has 7 atom stereocenters. The average molecular weight is 526 g/mol. The van der Waals surface area contributed by atoms with Crippen molar-refractivity contribution in [2.24, 2.45) is 5.92 Å². The molecule has 0 spiro atoms. The number of hydrogen-bond acceptors (Lipinski definition) is 12. The number of ether oxygens (including phenoxy) is 4. The van der Waals surface area contributed by atoms with Gasteiger partial charge in [-0.1, -0.05) is 12.1 Å². The lowest BCUT2D eigenvalue weighted by molar-refractivity contribution is -0.327. The molecule has 204 valence electrons. The number of aliphatic hydroxyl groups is 4. The van der Waals surface area contributed by atoms with E-state index in [0.717, 1.165) is 6.26 Å². The van der Waals surface area contributed by atoms with Gasteiger partial charge in [0.15, 0.2) is 17.8 Å². The van der Waals surface area contributed by atoms with Gasteiger partial charge in [-0.3, -0.25) is 4.79 Å². The fourth-order valence-corrected chi connectivity index (χ4v) is 4.05. The highest BCUT2D eigenvalue weighted by molar-refractivity contribution is 5.89. The highest BCUT2D eigenvalue weighted by Crippen LogP contribution is 2.36. The third-order valence-corrected chi connectivity index (χ3v) is 6.12. The Bertz CT molecular complexity index is 1030. The number of aliphatic hydroxyl groups excluding tert-OH is 4. The van der Waals surface area contributed by atoms with E-state index >= 15 is 0 Å². The van der Waals surface area contributed by atoms with Crippen molar-refractivity contribution < 1.29 is 64.3 Å². The van der Waals surface area contributed by atoms with E-state index in [0.29, 0.717) is 5.56 Å². The number of rotatable bonds is 9. The number of phenols is 2. The van der Waals surface area contributed by atoms with Crippen LogP contribution in [0.5, 0.6) is 11.5 Å². The van der Waals surface area contributed by atoms with Crippen molar-refractivity contribution in [1.82, 2.24) is 0 Å². The second kappa shape index (κ2) is 12.4. The molecule has 3 rings (SSSR count). The summed E-state index contributed by atoms with van der Waals surface area (Å²) < 4.78 is 21.6. The first-order chi connectivity index (χ1) is 17.6. The zero-order chi connectivity index (χ0) is 27.3. The maximum Gasteiger partial charge on any atom is 0.335 e. The first-order valence-electron chi connectivity index (χ1n) is 11.4. The van der Waals surface area contributed by atoms with E-state index in [9.17, 15) is 45.3 Å². The number of carboxylic acid groups (broad SMARTS) is 1. The van der Waals surface area contributed by atoms with Crippen molar-refractivity contribution in [2.75, 3.05) is 13.2 Å². The first kappa shape index (κ1) is 28.4. The molecule has 2 aliphatic rings. The average Bonchev–Trinajstić information content (AvgIpc) is 2.86. The van der Waals surface area contributed by atoms with Crippen molar-refractivity contribution >= 4 is 11.9 Å². The molecule has 0 aliphatic carbocycles. The van der Waals surface area contributed by atoms with Gasteiger partial charge in [0.05, 0.1) is 31.5 Å². The first-order valence-corrected chi connectivity index (χ1v) is 11.4. The van der Waals surface area contributed by atoms with Crippen molar-refractivity contribution in [3.63, 3.8) is 0 Å². The Labute approximate surface area is 211 Å². The molecule has 1 aromatic rings. The Morgan fingerprint density at radius 3 is 2.43 bits per heavy atom. The van der Waals surface area contributed by atoms with Crippen LogP contribution in [0.4, 0.5) is 0 Å². The van der Waals surface area contributed by atoms with Gasteiger partial charge in [0.2, 0.25) is 6.29 Å². The van der Waals surface area contributed by atoms with E-state index in [1.165, 1.54) is 18.2 Å². The molecular weight excluding hydrogens is 496 g/mol. The van der Waals surface area contributed by atoms with Gasteiger partial charge in [0, 0.05) is 17.9 Å². The lowest BCUT2D eigenvalue weighted by Gasteiger charge is -2.41. The summed E-state index contributed by atoms with van der Waals surface area (Å²) in [6.07, 6.45) is -6.90. The number of benzene rings is 1. The molecule has 0 amide bonds. The number of carbonyl (C=O) groups is 2. The third-order valence-electron chi connectivity index (χ3n) is 6.12. The molecule has 1 saturated heterocycles. The molecule has 13 heteroatoms. The van der Waals surface area contributed by atoms with E-state index in [1.807, 2.05) is 0 Å². The standard InChI is InChI=1S/C24H30O13/c1-2-12-13(8-18(28)34-6-5-11-3-4-15(26)16(27)7-11)14(22(32)33)10-35-23(12)37-24-21(31)20(30)19(29)17(9-25)36-24/h2-4,7,10,13,17,19-21,23-27,29-31H,5-6,8-9H2,1H3,(H,32,33)/t13-,17-,19-,20+,21-,23+,24-/m1/s1. The minimum atomic E-state index is -1.72. The van der Waals surface area contributed by atoms with Crippen molar-refractivity contribution in [2.45, 2.75) is 56.8 Å². The molecule has 1 fully saturated rings. The highest BCUT2D eigenvalue weighted by Gasteiger charge is 2.46. The molecule has 2 aliphatic heterocycles. The van der Waals surface area contributed by atoms with Crippen LogP contribution in [0, 0.1) is 5.92 Å². The van der Waals surface area contributed by atoms with E-state index in [-0.39, 0.29) is 35.7 Å². The lowest BCUT2D eigenvalue weighted by Crippen LogP contribution is -2.60. The van der Waals surface area contributed by atoms with Crippen LogP contribution in [0.3, 0.4) is 0 Å². The summed E-state index contributed by atoms with van der Waals surface area (Å²) in [5.41, 5.74) is 0.557. The summed E-state index contributed by atoms with van der Waals surface area (Å²) >= 11 is 0. The second-order valence-corrected chi connectivity index (χ2v) is 8.52. The third kappa shape index (κ3) is 6.57. The van der Waals surface area contributed by atoms with Crippen molar-refractivity contribution in [3.05, 3.63) is 47.2 Å². The molecule has 1 aromatic carbocycles. The van der Waals surface area contributed by atoms with Crippen LogP contribution in [-0.2, 0) is 35.0 Å². The van der Waals surface area contributed by atoms with E-state index in [1.54, 1.807) is 13.0 Å². The molecule has 0 unspecified atom stereocenters. The Hall–Kier alpha value is -3.20. The summed E-state index contributed by atoms with van der Waals surface area (Å²) in [5, 5.41) is 68.1. The maximum atomic E-state index is 12.6. The summed E-state index contributed by atoms with van der Waals surface area (Å²) in [4.78, 5) is 24.4. The Morgan fingerprint density at radius 2 is 1.81 bits per heavy atom. The van der Waals surface area contributed by atoms with E-state index in [4.69, 9.17) is 18.9 Å². The summed E-state index contributed by atoms with van der Waals surface area (Å²) in [6, 6.07) is 4.17. The largest absolute Gasteiger partial charge is 0.504 e. The molecule has 0 aromatic heterocycles. The van der Waals surface area contributed by atoms with Gasteiger partial charge in [-0.25, -0.2) is 4.79 Å². The Kier molecular flexibility index (Phi) is 9.48. The molecule has 0 radical (unpaired) electrons. The molecule has 0 bridgehead atoms. The summed E-state index contributed by atoms with van der Waals surface area (Å²) in [5.74, 6) is -3.70. The topological polar surface area (TPSA) is 213 Å². The van der Waals surface area contributed by atoms with Crippen LogP contribution in [0.25, 0.3) is 0 Å². The van der Waals surface area contributed by atoms with E-state index in [2.05, 4.69) is 0 Å². The number of hydrogen-bond donors (Lipinski definition) is 7. The SMILES string of the molecule is CC=C1[C@H](O[C@H]2O[C@H](CO)[C@@H](O)[C@H](O)[C@H]2O)OC=C(C(=O)O)[C@@H]1CC(=O)OCCc1ccc(O)c(O)c1. The minimum absolute atomic E-state index is 0.0750. The van der Waals surface area contributed by atoms with Crippen LogP contribution in [0.15, 0.2) is 41.7 Å². The highest BCUT2D eigenvalue weighted by atomic mass is 16.8. The molecule has 13 nitrogen and oxygen atoms in total. The molecular formula is C24H30O13. The Balaban J connectivity index is 1.68. The number of phenolic OH excluding ortho intramolecular Hbond substituents is 2. The van der Waals surface area contributed by atoms with Gasteiger partial charge in [0.25, 0.3) is 0 Å². The van der Waals surface area contributed by atoms with Crippen LogP contribution >= 0.6 is 0 Å². The fourth-order valence-electron chi connectivity index (χ4n) is 4.05. The van der Waals surface area contributed by atoms with Gasteiger partial charge in [-0.05, 0) is 24.6 Å². The lowest BCUT2D eigenvalue weighted by atomic mass is 9.86. The van der Waals surface area contributed by atoms with Crippen LogP contribution in [0.1, 0.15) is 18.9 Å². The number of aliphatic carboxylic acids is 1. The van der Waals surface area contributed by atoms with Gasteiger partial charge in [-0.15, -0.1) is 0 Å². The van der Waals surface area contributed by atoms with Crippen LogP contribution < -0.4 is 0 Å². The normalized spacial score (nSPS) is 30.9. The number of carboxylic acids is 1. The predicted octanol–water partition coefficient (Wildman–Crippen LogP) is -0.723.